The number of hydrogen-bond acceptors (Lipinski definition) is 5. The molecule has 0 aromatic heterocycles. The molecule has 0 aliphatic carbocycles. The van der Waals surface area contributed by atoms with E-state index in [-0.39, 0.29) is 12.3 Å². The molecule has 0 saturated heterocycles. The number of nitrogens with zero attached hydrogens (tertiary/aromatic N) is 1. The molecule has 1 N–H and O–H groups in total. The first-order valence-electron chi connectivity index (χ1n) is 8.19. The third-order valence-corrected chi connectivity index (χ3v) is 3.97. The highest BCUT2D eigenvalue weighted by molar-refractivity contribution is 6.44. The number of benzene rings is 3. The van der Waals surface area contributed by atoms with Crippen LogP contribution >= 0.6 is 0 Å². The van der Waals surface area contributed by atoms with Crippen molar-refractivity contribution in [2.75, 3.05) is 7.11 Å². The molecule has 3 aromatic carbocycles. The number of rotatable bonds is 6. The third-order valence-electron chi connectivity index (χ3n) is 3.97. The molecular formula is C21H17NO5. The van der Waals surface area contributed by atoms with Crippen molar-refractivity contribution >= 4 is 28.4 Å². The molecule has 0 fully saturated rings. The third kappa shape index (κ3) is 4.12. The Morgan fingerprint density at radius 3 is 2.48 bits per heavy atom. The maximum Gasteiger partial charge on any atom is 0.358 e. The van der Waals surface area contributed by atoms with Gasteiger partial charge in [-0.3, -0.25) is 0 Å². The average molecular weight is 363 g/mol. The van der Waals surface area contributed by atoms with Gasteiger partial charge in [-0.25, -0.2) is 9.59 Å². The minimum atomic E-state index is -1.22. The van der Waals surface area contributed by atoms with Crippen LogP contribution in [0.1, 0.15) is 21.5 Å². The van der Waals surface area contributed by atoms with Crippen molar-refractivity contribution in [3.05, 3.63) is 83.4 Å². The van der Waals surface area contributed by atoms with E-state index < -0.39 is 11.9 Å². The van der Waals surface area contributed by atoms with E-state index in [9.17, 15) is 14.7 Å². The van der Waals surface area contributed by atoms with E-state index in [2.05, 4.69) is 9.99 Å². The number of carboxylic acids is 1. The van der Waals surface area contributed by atoms with Crippen LogP contribution in [-0.2, 0) is 21.0 Å². The fourth-order valence-electron chi connectivity index (χ4n) is 2.71. The zero-order valence-corrected chi connectivity index (χ0v) is 14.6. The lowest BCUT2D eigenvalue weighted by Gasteiger charge is -2.09. The van der Waals surface area contributed by atoms with E-state index in [1.807, 2.05) is 36.4 Å². The van der Waals surface area contributed by atoms with E-state index in [0.29, 0.717) is 16.5 Å². The molecule has 6 heteroatoms. The highest BCUT2D eigenvalue weighted by Crippen LogP contribution is 2.22. The van der Waals surface area contributed by atoms with Gasteiger partial charge in [0.15, 0.2) is 5.71 Å². The summed E-state index contributed by atoms with van der Waals surface area (Å²) in [4.78, 5) is 28.6. The number of carboxylic acid groups (broad SMARTS) is 1. The van der Waals surface area contributed by atoms with Gasteiger partial charge in [0.1, 0.15) is 13.7 Å². The number of carbonyl (C=O) groups excluding carboxylic acids is 1. The summed E-state index contributed by atoms with van der Waals surface area (Å²) in [6.45, 7) is 0.158. The van der Waals surface area contributed by atoms with E-state index in [4.69, 9.17) is 4.74 Å². The van der Waals surface area contributed by atoms with Crippen molar-refractivity contribution in [1.29, 1.82) is 0 Å². The first kappa shape index (κ1) is 18.1. The number of oxime groups is 1. The van der Waals surface area contributed by atoms with E-state index in [1.165, 1.54) is 7.11 Å². The van der Waals surface area contributed by atoms with Gasteiger partial charge in [0.25, 0.3) is 0 Å². The normalized spacial score (nSPS) is 11.2. The SMILES string of the molecule is CON=C(C(=O)O)c1cccc2ccc(C(=O)OCc3ccccc3)cc12. The Bertz CT molecular complexity index is 1010. The molecule has 0 atom stereocenters. The summed E-state index contributed by atoms with van der Waals surface area (Å²) in [6.07, 6.45) is 0. The summed E-state index contributed by atoms with van der Waals surface area (Å²) in [5, 5.41) is 14.3. The van der Waals surface area contributed by atoms with Gasteiger partial charge in [-0.2, -0.15) is 0 Å². The van der Waals surface area contributed by atoms with Gasteiger partial charge in [-0.1, -0.05) is 59.8 Å². The number of fused-ring (bicyclic) bond motifs is 1. The largest absolute Gasteiger partial charge is 0.476 e. The first-order chi connectivity index (χ1) is 13.1. The minimum Gasteiger partial charge on any atom is -0.476 e. The topological polar surface area (TPSA) is 85.2 Å². The first-order valence-corrected chi connectivity index (χ1v) is 8.19. The lowest BCUT2D eigenvalue weighted by atomic mass is 9.99. The van der Waals surface area contributed by atoms with Crippen LogP contribution in [-0.4, -0.2) is 29.9 Å². The van der Waals surface area contributed by atoms with Crippen LogP contribution in [0.5, 0.6) is 0 Å². The molecule has 136 valence electrons. The van der Waals surface area contributed by atoms with Crippen molar-refractivity contribution in [2.45, 2.75) is 6.61 Å². The number of ether oxygens (including phenoxy) is 1. The van der Waals surface area contributed by atoms with Crippen molar-refractivity contribution in [3.8, 4) is 0 Å². The number of carbonyl (C=O) groups is 2. The second-order valence-electron chi connectivity index (χ2n) is 5.73. The summed E-state index contributed by atoms with van der Waals surface area (Å²) in [7, 11) is 1.28. The predicted molar refractivity (Wildman–Crippen MR) is 101 cm³/mol. The molecule has 3 rings (SSSR count). The molecule has 0 aliphatic rings. The van der Waals surface area contributed by atoms with Gasteiger partial charge in [0, 0.05) is 5.56 Å². The summed E-state index contributed by atoms with van der Waals surface area (Å²) in [6, 6.07) is 19.5. The van der Waals surface area contributed by atoms with E-state index in [1.54, 1.807) is 30.3 Å². The molecular weight excluding hydrogens is 346 g/mol. The Kier molecular flexibility index (Phi) is 5.47. The molecule has 0 aliphatic heterocycles. The van der Waals surface area contributed by atoms with Gasteiger partial charge in [0.05, 0.1) is 5.56 Å². The molecule has 0 bridgehead atoms. The van der Waals surface area contributed by atoms with Crippen LogP contribution < -0.4 is 0 Å². The van der Waals surface area contributed by atoms with E-state index >= 15 is 0 Å². The Labute approximate surface area is 155 Å². The van der Waals surface area contributed by atoms with E-state index in [0.717, 1.165) is 10.9 Å². The van der Waals surface area contributed by atoms with Gasteiger partial charge >= 0.3 is 11.9 Å². The Morgan fingerprint density at radius 1 is 1.00 bits per heavy atom. The Hall–Kier alpha value is -3.67. The van der Waals surface area contributed by atoms with Crippen molar-refractivity contribution < 1.29 is 24.3 Å². The minimum absolute atomic E-state index is 0.158. The van der Waals surface area contributed by atoms with Crippen LogP contribution in [0.3, 0.4) is 0 Å². The van der Waals surface area contributed by atoms with Crippen LogP contribution in [0.2, 0.25) is 0 Å². The van der Waals surface area contributed by atoms with Gasteiger partial charge in [-0.05, 0) is 28.5 Å². The number of aliphatic carboxylic acids is 1. The highest BCUT2D eigenvalue weighted by atomic mass is 16.6. The Balaban J connectivity index is 1.94. The second kappa shape index (κ2) is 8.14. The summed E-state index contributed by atoms with van der Waals surface area (Å²) >= 11 is 0. The zero-order valence-electron chi connectivity index (χ0n) is 14.6. The van der Waals surface area contributed by atoms with Crippen molar-refractivity contribution in [1.82, 2.24) is 0 Å². The lowest BCUT2D eigenvalue weighted by Crippen LogP contribution is -2.15. The second-order valence-corrected chi connectivity index (χ2v) is 5.73. The fraction of sp³-hybridized carbons (Fsp3) is 0.0952. The molecule has 6 nitrogen and oxygen atoms in total. The van der Waals surface area contributed by atoms with Crippen molar-refractivity contribution in [3.63, 3.8) is 0 Å². The quantitative estimate of drug-likeness (QED) is 0.411. The summed E-state index contributed by atoms with van der Waals surface area (Å²) in [5.41, 5.74) is 1.33. The predicted octanol–water partition coefficient (Wildman–Crippen LogP) is 3.63. The van der Waals surface area contributed by atoms with Gasteiger partial charge < -0.3 is 14.7 Å². The monoisotopic (exact) mass is 363 g/mol. The molecule has 0 heterocycles. The number of esters is 1. The molecule has 27 heavy (non-hydrogen) atoms. The molecule has 3 aromatic rings. The van der Waals surface area contributed by atoms with Gasteiger partial charge in [0.2, 0.25) is 0 Å². The van der Waals surface area contributed by atoms with Gasteiger partial charge in [-0.15, -0.1) is 0 Å². The van der Waals surface area contributed by atoms with Crippen LogP contribution in [0.4, 0.5) is 0 Å². The molecule has 0 saturated carbocycles. The van der Waals surface area contributed by atoms with Crippen LogP contribution in [0.15, 0.2) is 71.9 Å². The molecule has 0 amide bonds. The standard InChI is InChI=1S/C21H17NO5/c1-26-22-19(20(23)24)17-9-5-8-15-10-11-16(12-18(15)17)21(25)27-13-14-6-3-2-4-7-14/h2-12H,13H2,1H3,(H,23,24). The molecule has 0 radical (unpaired) electrons. The smallest absolute Gasteiger partial charge is 0.358 e. The zero-order chi connectivity index (χ0) is 19.2. The summed E-state index contributed by atoms with van der Waals surface area (Å²) < 4.78 is 5.35. The lowest BCUT2D eigenvalue weighted by molar-refractivity contribution is -0.129. The fourth-order valence-corrected chi connectivity index (χ4v) is 2.71. The van der Waals surface area contributed by atoms with Crippen LogP contribution in [0.25, 0.3) is 10.8 Å². The maximum atomic E-state index is 12.4. The van der Waals surface area contributed by atoms with Crippen molar-refractivity contribution in [2.24, 2.45) is 5.16 Å². The highest BCUT2D eigenvalue weighted by Gasteiger charge is 2.18. The molecule has 0 spiro atoms. The molecule has 0 unspecified atom stereocenters. The Morgan fingerprint density at radius 2 is 1.78 bits per heavy atom. The van der Waals surface area contributed by atoms with Crippen LogP contribution in [0, 0.1) is 0 Å². The number of hydrogen-bond donors (Lipinski definition) is 1. The maximum absolute atomic E-state index is 12.4. The summed E-state index contributed by atoms with van der Waals surface area (Å²) in [5.74, 6) is -1.71. The average Bonchev–Trinajstić information content (AvgIpc) is 2.70.